The van der Waals surface area contributed by atoms with E-state index in [4.69, 9.17) is 0 Å². The molecule has 10 nitrogen and oxygen atoms in total. The van der Waals surface area contributed by atoms with E-state index in [1.807, 2.05) is 0 Å². The second kappa shape index (κ2) is 3.72. The third kappa shape index (κ3) is 9.18. The summed E-state index contributed by atoms with van der Waals surface area (Å²) < 4.78 is 42.6. The molecule has 0 saturated heterocycles. The first-order valence-corrected chi connectivity index (χ1v) is 5.25. The van der Waals surface area contributed by atoms with Gasteiger partial charge in [0.25, 0.3) is 10.2 Å². The van der Waals surface area contributed by atoms with E-state index in [1.54, 1.807) is 0 Å². The van der Waals surface area contributed by atoms with E-state index in [9.17, 15) is 16.8 Å². The van der Waals surface area contributed by atoms with E-state index < -0.39 is 20.4 Å². The van der Waals surface area contributed by atoms with Crippen molar-refractivity contribution in [1.82, 2.24) is 10.4 Å². The van der Waals surface area contributed by atoms with E-state index in [0.717, 1.165) is 0 Å². The molecule has 72 valence electrons. The van der Waals surface area contributed by atoms with Crippen molar-refractivity contribution < 1.29 is 16.8 Å². The van der Waals surface area contributed by atoms with Gasteiger partial charge < -0.3 is 0 Å². The summed E-state index contributed by atoms with van der Waals surface area (Å²) in [6.45, 7) is 0. The lowest BCUT2D eigenvalue weighted by atomic mass is 12.5. The first-order valence-electron chi connectivity index (χ1n) is 2.20. The highest BCUT2D eigenvalue weighted by Gasteiger charge is 1.98. The summed E-state index contributed by atoms with van der Waals surface area (Å²) in [5.41, 5.74) is 1.52. The third-order valence-electron chi connectivity index (χ3n) is 0.393. The SMILES string of the molecule is NS(=O)(=O)N=NNNS(N)(=O)=O. The number of nitrogens with two attached hydrogens (primary N) is 2. The Morgan fingerprint density at radius 1 is 1.08 bits per heavy atom. The van der Waals surface area contributed by atoms with E-state index >= 15 is 0 Å². The fourth-order valence-corrected chi connectivity index (χ4v) is 0.484. The first kappa shape index (κ1) is 11.2. The molecule has 0 aliphatic rings. The average Bonchev–Trinajstić information content (AvgIpc) is 1.76. The minimum absolute atomic E-state index is 1.41. The maximum Gasteiger partial charge on any atom is 0.336 e. The Labute approximate surface area is 68.3 Å². The van der Waals surface area contributed by atoms with Crippen molar-refractivity contribution in [1.29, 1.82) is 0 Å². The van der Waals surface area contributed by atoms with Crippen LogP contribution >= 0.6 is 0 Å². The highest BCUT2D eigenvalue weighted by molar-refractivity contribution is 7.87. The number of rotatable bonds is 4. The van der Waals surface area contributed by atoms with Crippen molar-refractivity contribution >= 4 is 20.4 Å². The molecular formula is H6N6O4S2. The monoisotopic (exact) mass is 218 g/mol. The Kier molecular flexibility index (Phi) is 3.47. The minimum atomic E-state index is -4.12. The summed E-state index contributed by atoms with van der Waals surface area (Å²) in [4.78, 5) is 1.41. The number of nitrogens with one attached hydrogen (secondary N) is 2. The highest BCUT2D eigenvalue weighted by Crippen LogP contribution is 1.77. The molecule has 0 bridgehead atoms. The van der Waals surface area contributed by atoms with Gasteiger partial charge in [-0.15, -0.1) is 0 Å². The predicted molar refractivity (Wildman–Crippen MR) is 37.3 cm³/mol. The lowest BCUT2D eigenvalue weighted by Crippen LogP contribution is -2.38. The van der Waals surface area contributed by atoms with Gasteiger partial charge in [0, 0.05) is 0 Å². The Morgan fingerprint density at radius 2 is 1.58 bits per heavy atom. The zero-order valence-electron chi connectivity index (χ0n) is 5.50. The van der Waals surface area contributed by atoms with Crippen molar-refractivity contribution in [2.75, 3.05) is 0 Å². The molecule has 0 spiro atoms. The maximum absolute atomic E-state index is 10.1. The molecule has 0 fully saturated rings. The van der Waals surface area contributed by atoms with Gasteiger partial charge in [-0.05, 0) is 9.74 Å². The van der Waals surface area contributed by atoms with Crippen LogP contribution in [0.5, 0.6) is 0 Å². The van der Waals surface area contributed by atoms with Gasteiger partial charge in [-0.25, -0.2) is 15.8 Å². The number of nitrogens with zero attached hydrogens (tertiary/aromatic N) is 2. The van der Waals surface area contributed by atoms with Gasteiger partial charge in [0.1, 0.15) is 0 Å². The molecule has 0 atom stereocenters. The molecule has 0 radical (unpaired) electrons. The van der Waals surface area contributed by atoms with Crippen molar-refractivity contribution in [2.45, 2.75) is 0 Å². The zero-order valence-corrected chi connectivity index (χ0v) is 7.13. The smallest absolute Gasteiger partial charge is 0.214 e. The number of hydrogen-bond donors (Lipinski definition) is 4. The van der Waals surface area contributed by atoms with Gasteiger partial charge in [0.05, 0.1) is 0 Å². The summed E-state index contributed by atoms with van der Waals surface area (Å²) in [6.07, 6.45) is 0. The molecule has 6 N–H and O–H groups in total. The van der Waals surface area contributed by atoms with Crippen molar-refractivity contribution in [3.8, 4) is 0 Å². The van der Waals surface area contributed by atoms with Gasteiger partial charge in [0.2, 0.25) is 0 Å². The molecule has 0 heterocycles. The molecule has 0 unspecified atom stereocenters. The van der Waals surface area contributed by atoms with Gasteiger partial charge >= 0.3 is 10.2 Å². The summed E-state index contributed by atoms with van der Waals surface area (Å²) in [7, 11) is -8.11. The molecular weight excluding hydrogens is 212 g/mol. The van der Waals surface area contributed by atoms with Crippen molar-refractivity contribution in [2.24, 2.45) is 20.0 Å². The van der Waals surface area contributed by atoms with Crippen LogP contribution in [-0.2, 0) is 20.4 Å². The lowest BCUT2D eigenvalue weighted by Gasteiger charge is -1.95. The van der Waals surface area contributed by atoms with Crippen LogP contribution in [0.4, 0.5) is 0 Å². The number of hydrogen-bond acceptors (Lipinski definition) is 5. The maximum atomic E-state index is 10.1. The standard InChI is InChI=1S/H6N6O4S2/c1-11(7,8)5-3-4-6-12(2,9)10/h(H,4,5)(H,3,6)(H2,1,7,8)(H2,2,9,10). The molecule has 12 heteroatoms. The van der Waals surface area contributed by atoms with Crippen LogP contribution in [0.3, 0.4) is 0 Å². The van der Waals surface area contributed by atoms with Crippen LogP contribution in [0.25, 0.3) is 0 Å². The third-order valence-corrected chi connectivity index (χ3v) is 1.08. The molecule has 0 aromatic heterocycles. The van der Waals surface area contributed by atoms with Gasteiger partial charge in [-0.3, -0.25) is 0 Å². The lowest BCUT2D eigenvalue weighted by molar-refractivity contribution is 0.554. The summed E-state index contributed by atoms with van der Waals surface area (Å²) in [5.74, 6) is 0. The Balaban J connectivity index is 3.97. The van der Waals surface area contributed by atoms with Crippen LogP contribution < -0.4 is 20.6 Å². The molecule has 0 aliphatic heterocycles. The summed E-state index contributed by atoms with van der Waals surface area (Å²) in [6, 6.07) is 0. The topological polar surface area (TPSA) is 169 Å². The van der Waals surface area contributed by atoms with E-state index in [1.165, 1.54) is 10.4 Å². The summed E-state index contributed by atoms with van der Waals surface area (Å²) >= 11 is 0. The molecule has 0 rings (SSSR count). The average molecular weight is 218 g/mol. The zero-order chi connectivity index (χ0) is 9.83. The quantitative estimate of drug-likeness (QED) is 0.288. The second-order valence-electron chi connectivity index (χ2n) is 1.46. The Morgan fingerprint density at radius 3 is 1.92 bits per heavy atom. The van der Waals surface area contributed by atoms with E-state index in [2.05, 4.69) is 20.0 Å². The van der Waals surface area contributed by atoms with Gasteiger partial charge in [-0.1, -0.05) is 4.83 Å². The molecule has 0 aliphatic carbocycles. The molecule has 12 heavy (non-hydrogen) atoms. The Hall–Kier alpha value is -0.820. The molecule has 0 aromatic rings. The van der Waals surface area contributed by atoms with Crippen LogP contribution in [0.1, 0.15) is 0 Å². The summed E-state index contributed by atoms with van der Waals surface area (Å²) in [5, 5.41) is 11.4. The fourth-order valence-electron chi connectivity index (χ4n) is 0.161. The van der Waals surface area contributed by atoms with Crippen molar-refractivity contribution in [3.05, 3.63) is 0 Å². The molecule has 0 saturated carbocycles. The molecule has 0 aromatic carbocycles. The fraction of sp³-hybridized carbons (Fsp3) is 0. The van der Waals surface area contributed by atoms with Gasteiger partial charge in [-0.2, -0.15) is 16.8 Å². The van der Waals surface area contributed by atoms with E-state index in [-0.39, 0.29) is 0 Å². The van der Waals surface area contributed by atoms with Crippen LogP contribution in [0.2, 0.25) is 0 Å². The largest absolute Gasteiger partial charge is 0.336 e. The highest BCUT2D eigenvalue weighted by atomic mass is 32.2. The van der Waals surface area contributed by atoms with Crippen LogP contribution in [0, 0.1) is 0 Å². The first-order chi connectivity index (χ1) is 5.21. The van der Waals surface area contributed by atoms with Crippen molar-refractivity contribution in [3.63, 3.8) is 0 Å². The minimum Gasteiger partial charge on any atom is -0.214 e. The van der Waals surface area contributed by atoms with Crippen LogP contribution in [-0.4, -0.2) is 16.8 Å². The van der Waals surface area contributed by atoms with E-state index in [0.29, 0.717) is 0 Å². The normalized spacial score (nSPS) is 13.5. The van der Waals surface area contributed by atoms with Gasteiger partial charge in [0.15, 0.2) is 0 Å². The predicted octanol–water partition coefficient (Wildman–Crippen LogP) is -3.15. The second-order valence-corrected chi connectivity index (χ2v) is 3.94. The Bertz CT molecular complexity index is 347. The van der Waals surface area contributed by atoms with Crippen LogP contribution in [0.15, 0.2) is 9.74 Å². The number of hydrazine groups is 1. The molecule has 0 amide bonds.